The Hall–Kier alpha value is -1.26. The molecule has 0 atom stereocenters. The molecule has 1 saturated heterocycles. The zero-order valence-electron chi connectivity index (χ0n) is 11.0. The molecule has 104 valence electrons. The highest BCUT2D eigenvalue weighted by molar-refractivity contribution is 6.33. The van der Waals surface area contributed by atoms with Crippen molar-refractivity contribution in [1.29, 1.82) is 0 Å². The van der Waals surface area contributed by atoms with Gasteiger partial charge in [-0.1, -0.05) is 18.0 Å². The number of hydrogen-bond acceptors (Lipinski definition) is 3. The molecule has 1 fully saturated rings. The minimum Gasteiger partial charge on any atom is -0.398 e. The minimum absolute atomic E-state index is 0.0969. The maximum Gasteiger partial charge on any atom is 0.251 e. The second-order valence-electron chi connectivity index (χ2n) is 4.89. The van der Waals surface area contributed by atoms with Crippen LogP contribution in [0.3, 0.4) is 0 Å². The number of hydrogen-bond donors (Lipinski definition) is 2. The Kier molecular flexibility index (Phi) is 5.05. The van der Waals surface area contributed by atoms with E-state index in [1.807, 2.05) is 0 Å². The third-order valence-electron chi connectivity index (χ3n) is 3.42. The van der Waals surface area contributed by atoms with Crippen LogP contribution in [-0.4, -0.2) is 37.0 Å². The molecule has 1 amide bonds. The molecule has 0 saturated carbocycles. The largest absolute Gasteiger partial charge is 0.398 e. The predicted molar refractivity (Wildman–Crippen MR) is 78.5 cm³/mol. The quantitative estimate of drug-likeness (QED) is 0.832. The maximum absolute atomic E-state index is 11.9. The molecule has 0 aromatic heterocycles. The van der Waals surface area contributed by atoms with Gasteiger partial charge in [0.05, 0.1) is 10.7 Å². The topological polar surface area (TPSA) is 58.4 Å². The van der Waals surface area contributed by atoms with E-state index >= 15 is 0 Å². The lowest BCUT2D eigenvalue weighted by molar-refractivity contribution is 0.0946. The molecule has 2 rings (SSSR count). The number of nitrogens with one attached hydrogen (secondary N) is 1. The number of carbonyl (C=O) groups is 1. The molecule has 0 bridgehead atoms. The van der Waals surface area contributed by atoms with Crippen LogP contribution in [0.1, 0.15) is 29.6 Å². The molecule has 5 heteroatoms. The van der Waals surface area contributed by atoms with Crippen molar-refractivity contribution in [1.82, 2.24) is 10.2 Å². The van der Waals surface area contributed by atoms with Gasteiger partial charge < -0.3 is 16.0 Å². The summed E-state index contributed by atoms with van der Waals surface area (Å²) < 4.78 is 0. The predicted octanol–water partition coefficient (Wildman–Crippen LogP) is 2.14. The number of rotatable bonds is 4. The van der Waals surface area contributed by atoms with E-state index in [1.165, 1.54) is 19.3 Å². The van der Waals surface area contributed by atoms with Crippen LogP contribution in [0.2, 0.25) is 5.02 Å². The van der Waals surface area contributed by atoms with Crippen molar-refractivity contribution in [2.24, 2.45) is 0 Å². The van der Waals surface area contributed by atoms with Gasteiger partial charge in [0.1, 0.15) is 0 Å². The Balaban J connectivity index is 1.78. The van der Waals surface area contributed by atoms with E-state index in [0.29, 0.717) is 22.8 Å². The van der Waals surface area contributed by atoms with Crippen LogP contribution in [0.15, 0.2) is 18.2 Å². The molecular weight excluding hydrogens is 262 g/mol. The van der Waals surface area contributed by atoms with E-state index in [9.17, 15) is 4.79 Å². The Labute approximate surface area is 118 Å². The Morgan fingerprint density at radius 2 is 2.05 bits per heavy atom. The first kappa shape index (κ1) is 14.2. The number of nitrogens with zero attached hydrogens (tertiary/aromatic N) is 1. The Morgan fingerprint density at radius 1 is 1.32 bits per heavy atom. The zero-order chi connectivity index (χ0) is 13.7. The number of piperidine rings is 1. The molecule has 1 aliphatic rings. The van der Waals surface area contributed by atoms with E-state index < -0.39 is 0 Å². The monoisotopic (exact) mass is 281 g/mol. The van der Waals surface area contributed by atoms with Gasteiger partial charge in [-0.05, 0) is 44.1 Å². The fraction of sp³-hybridized carbons (Fsp3) is 0.500. The summed E-state index contributed by atoms with van der Waals surface area (Å²) in [5.74, 6) is -0.0969. The van der Waals surface area contributed by atoms with Crippen molar-refractivity contribution in [2.45, 2.75) is 19.3 Å². The third-order valence-corrected chi connectivity index (χ3v) is 3.76. The molecule has 0 radical (unpaired) electrons. The van der Waals surface area contributed by atoms with Crippen LogP contribution >= 0.6 is 11.6 Å². The Bertz CT molecular complexity index is 444. The fourth-order valence-corrected chi connectivity index (χ4v) is 2.42. The van der Waals surface area contributed by atoms with Crippen LogP contribution in [0.25, 0.3) is 0 Å². The molecule has 1 aromatic rings. The third kappa shape index (κ3) is 4.11. The van der Waals surface area contributed by atoms with Crippen molar-refractivity contribution < 1.29 is 4.79 Å². The first-order valence-corrected chi connectivity index (χ1v) is 7.10. The number of likely N-dealkylation sites (tertiary alicyclic amines) is 1. The standard InChI is InChI=1S/C14H20ClN3O/c15-12-5-4-11(10-13(12)16)14(19)17-6-9-18-7-2-1-3-8-18/h4-5,10H,1-3,6-9,16H2,(H,17,19). The molecule has 1 aliphatic heterocycles. The minimum atomic E-state index is -0.0969. The molecule has 0 spiro atoms. The Morgan fingerprint density at radius 3 is 2.74 bits per heavy atom. The van der Waals surface area contributed by atoms with E-state index in [-0.39, 0.29) is 5.91 Å². The van der Waals surface area contributed by atoms with E-state index in [1.54, 1.807) is 18.2 Å². The SMILES string of the molecule is Nc1cc(C(=O)NCCN2CCCCC2)ccc1Cl. The molecule has 1 aromatic carbocycles. The number of halogens is 1. The van der Waals surface area contributed by atoms with Crippen molar-refractivity contribution in [2.75, 3.05) is 31.9 Å². The summed E-state index contributed by atoms with van der Waals surface area (Å²) in [5.41, 5.74) is 6.68. The second kappa shape index (κ2) is 6.78. The lowest BCUT2D eigenvalue weighted by atomic mass is 10.1. The molecule has 19 heavy (non-hydrogen) atoms. The number of amides is 1. The van der Waals surface area contributed by atoms with E-state index in [0.717, 1.165) is 19.6 Å². The summed E-state index contributed by atoms with van der Waals surface area (Å²) in [5, 5.41) is 3.39. The summed E-state index contributed by atoms with van der Waals surface area (Å²) in [6, 6.07) is 4.95. The van der Waals surface area contributed by atoms with Gasteiger partial charge >= 0.3 is 0 Å². The first-order chi connectivity index (χ1) is 9.16. The highest BCUT2D eigenvalue weighted by Gasteiger charge is 2.11. The van der Waals surface area contributed by atoms with Gasteiger partial charge in [0.15, 0.2) is 0 Å². The number of carbonyl (C=O) groups excluding carboxylic acids is 1. The first-order valence-electron chi connectivity index (χ1n) is 6.72. The van der Waals surface area contributed by atoms with Crippen LogP contribution in [0.4, 0.5) is 5.69 Å². The molecule has 4 nitrogen and oxygen atoms in total. The van der Waals surface area contributed by atoms with E-state index in [2.05, 4.69) is 10.2 Å². The van der Waals surface area contributed by atoms with Gasteiger partial charge in [-0.2, -0.15) is 0 Å². The van der Waals surface area contributed by atoms with Crippen molar-refractivity contribution in [3.8, 4) is 0 Å². The van der Waals surface area contributed by atoms with Gasteiger partial charge in [-0.3, -0.25) is 4.79 Å². The maximum atomic E-state index is 11.9. The number of benzene rings is 1. The lowest BCUT2D eigenvalue weighted by Crippen LogP contribution is -2.37. The number of nitrogen functional groups attached to an aromatic ring is 1. The highest BCUT2D eigenvalue weighted by Crippen LogP contribution is 2.19. The summed E-state index contributed by atoms with van der Waals surface area (Å²) in [7, 11) is 0. The van der Waals surface area contributed by atoms with Gasteiger partial charge in [-0.25, -0.2) is 0 Å². The smallest absolute Gasteiger partial charge is 0.251 e. The zero-order valence-corrected chi connectivity index (χ0v) is 11.7. The molecule has 3 N–H and O–H groups in total. The molecule has 0 aliphatic carbocycles. The molecule has 1 heterocycles. The van der Waals surface area contributed by atoms with Crippen molar-refractivity contribution >= 4 is 23.2 Å². The summed E-state index contributed by atoms with van der Waals surface area (Å²) in [6.45, 7) is 3.86. The van der Waals surface area contributed by atoms with Crippen LogP contribution in [-0.2, 0) is 0 Å². The normalized spacial score (nSPS) is 16.3. The number of nitrogens with two attached hydrogens (primary N) is 1. The molecule has 0 unspecified atom stereocenters. The average Bonchev–Trinajstić information content (AvgIpc) is 2.43. The summed E-state index contributed by atoms with van der Waals surface area (Å²) >= 11 is 5.83. The van der Waals surface area contributed by atoms with Crippen molar-refractivity contribution in [3.05, 3.63) is 28.8 Å². The number of anilines is 1. The van der Waals surface area contributed by atoms with Gasteiger partial charge in [0, 0.05) is 18.7 Å². The summed E-state index contributed by atoms with van der Waals surface area (Å²) in [4.78, 5) is 14.3. The van der Waals surface area contributed by atoms with Crippen LogP contribution < -0.4 is 11.1 Å². The van der Waals surface area contributed by atoms with Crippen LogP contribution in [0, 0.1) is 0 Å². The summed E-state index contributed by atoms with van der Waals surface area (Å²) in [6.07, 6.45) is 3.86. The lowest BCUT2D eigenvalue weighted by Gasteiger charge is -2.26. The van der Waals surface area contributed by atoms with Crippen molar-refractivity contribution in [3.63, 3.8) is 0 Å². The molecular formula is C14H20ClN3O. The van der Waals surface area contributed by atoms with Gasteiger partial charge in [-0.15, -0.1) is 0 Å². The van der Waals surface area contributed by atoms with Crippen LogP contribution in [0.5, 0.6) is 0 Å². The average molecular weight is 282 g/mol. The van der Waals surface area contributed by atoms with Gasteiger partial charge in [0.2, 0.25) is 0 Å². The highest BCUT2D eigenvalue weighted by atomic mass is 35.5. The van der Waals surface area contributed by atoms with E-state index in [4.69, 9.17) is 17.3 Å². The van der Waals surface area contributed by atoms with Gasteiger partial charge in [0.25, 0.3) is 5.91 Å². The fourth-order valence-electron chi connectivity index (χ4n) is 2.30. The second-order valence-corrected chi connectivity index (χ2v) is 5.30.